The maximum absolute atomic E-state index is 12.4. The third kappa shape index (κ3) is 3.28. The van der Waals surface area contributed by atoms with Crippen molar-refractivity contribution >= 4 is 27.5 Å². The zero-order valence-electron chi connectivity index (χ0n) is 11.2. The molecule has 1 amide bonds. The highest BCUT2D eigenvalue weighted by Gasteiger charge is 2.30. The molecule has 2 rings (SSSR count). The van der Waals surface area contributed by atoms with Gasteiger partial charge in [0.15, 0.2) is 0 Å². The van der Waals surface area contributed by atoms with Gasteiger partial charge in [-0.3, -0.25) is 4.79 Å². The molecular formula is C14H20BrN3O. The Morgan fingerprint density at radius 1 is 1.32 bits per heavy atom. The van der Waals surface area contributed by atoms with Crippen molar-refractivity contribution in [3.63, 3.8) is 0 Å². The van der Waals surface area contributed by atoms with Gasteiger partial charge in [0.1, 0.15) is 6.04 Å². The normalized spacial score (nSPS) is 20.6. The van der Waals surface area contributed by atoms with Crippen molar-refractivity contribution in [1.29, 1.82) is 0 Å². The molecule has 1 aliphatic heterocycles. The van der Waals surface area contributed by atoms with E-state index in [-0.39, 0.29) is 11.9 Å². The zero-order valence-corrected chi connectivity index (χ0v) is 12.8. The van der Waals surface area contributed by atoms with Gasteiger partial charge in [-0.15, -0.1) is 0 Å². The third-order valence-electron chi connectivity index (χ3n) is 3.53. The SMILES string of the molecule is CN1CCCN(c2ccc(Br)cc2)C(CCN)C1=O. The molecule has 0 radical (unpaired) electrons. The molecule has 19 heavy (non-hydrogen) atoms. The van der Waals surface area contributed by atoms with Crippen LogP contribution in [0.1, 0.15) is 12.8 Å². The van der Waals surface area contributed by atoms with Crippen LogP contribution in [-0.2, 0) is 4.79 Å². The van der Waals surface area contributed by atoms with Gasteiger partial charge in [0, 0.05) is 30.3 Å². The molecule has 0 aromatic heterocycles. The summed E-state index contributed by atoms with van der Waals surface area (Å²) in [5, 5.41) is 0. The Hall–Kier alpha value is -1.07. The molecule has 5 heteroatoms. The zero-order chi connectivity index (χ0) is 13.8. The van der Waals surface area contributed by atoms with Crippen molar-refractivity contribution in [3.8, 4) is 0 Å². The first-order chi connectivity index (χ1) is 9.13. The van der Waals surface area contributed by atoms with E-state index in [1.807, 2.05) is 36.2 Å². The summed E-state index contributed by atoms with van der Waals surface area (Å²) in [5.41, 5.74) is 6.77. The Morgan fingerprint density at radius 2 is 2.00 bits per heavy atom. The monoisotopic (exact) mass is 325 g/mol. The number of hydrogen-bond donors (Lipinski definition) is 1. The number of amides is 1. The number of carbonyl (C=O) groups is 1. The Morgan fingerprint density at radius 3 is 2.63 bits per heavy atom. The van der Waals surface area contributed by atoms with Gasteiger partial charge in [-0.25, -0.2) is 0 Å². The van der Waals surface area contributed by atoms with Crippen molar-refractivity contribution in [1.82, 2.24) is 4.90 Å². The number of nitrogens with zero attached hydrogens (tertiary/aromatic N) is 2. The molecule has 0 spiro atoms. The molecule has 1 aromatic carbocycles. The first kappa shape index (κ1) is 14.3. The lowest BCUT2D eigenvalue weighted by Crippen LogP contribution is -2.46. The minimum Gasteiger partial charge on any atom is -0.359 e. The fraction of sp³-hybridized carbons (Fsp3) is 0.500. The first-order valence-corrected chi connectivity index (χ1v) is 7.40. The molecule has 1 fully saturated rings. The van der Waals surface area contributed by atoms with E-state index >= 15 is 0 Å². The summed E-state index contributed by atoms with van der Waals surface area (Å²) >= 11 is 3.44. The summed E-state index contributed by atoms with van der Waals surface area (Å²) in [4.78, 5) is 16.4. The summed E-state index contributed by atoms with van der Waals surface area (Å²) in [7, 11) is 1.87. The van der Waals surface area contributed by atoms with Gasteiger partial charge >= 0.3 is 0 Å². The van der Waals surface area contributed by atoms with Gasteiger partial charge in [0.25, 0.3) is 0 Å². The number of hydrogen-bond acceptors (Lipinski definition) is 3. The van der Waals surface area contributed by atoms with E-state index in [1.54, 1.807) is 0 Å². The average Bonchev–Trinajstić information content (AvgIpc) is 2.54. The van der Waals surface area contributed by atoms with Crippen molar-refractivity contribution < 1.29 is 4.79 Å². The Labute approximate surface area is 122 Å². The smallest absolute Gasteiger partial charge is 0.245 e. The molecule has 1 unspecified atom stereocenters. The van der Waals surface area contributed by atoms with Crippen LogP contribution in [0.15, 0.2) is 28.7 Å². The van der Waals surface area contributed by atoms with Crippen LogP contribution in [0.3, 0.4) is 0 Å². The van der Waals surface area contributed by atoms with Crippen molar-refractivity contribution in [2.75, 3.05) is 31.6 Å². The number of carbonyl (C=O) groups excluding carboxylic acids is 1. The van der Waals surface area contributed by atoms with Crippen LogP contribution >= 0.6 is 15.9 Å². The van der Waals surface area contributed by atoms with Crippen LogP contribution in [0.25, 0.3) is 0 Å². The molecule has 1 heterocycles. The van der Waals surface area contributed by atoms with E-state index in [0.29, 0.717) is 13.0 Å². The summed E-state index contributed by atoms with van der Waals surface area (Å²) < 4.78 is 1.05. The molecule has 4 nitrogen and oxygen atoms in total. The van der Waals surface area contributed by atoms with E-state index in [9.17, 15) is 4.79 Å². The van der Waals surface area contributed by atoms with Gasteiger partial charge in [-0.1, -0.05) is 15.9 Å². The van der Waals surface area contributed by atoms with Gasteiger partial charge in [-0.05, 0) is 43.7 Å². The third-order valence-corrected chi connectivity index (χ3v) is 4.06. The number of benzene rings is 1. The number of anilines is 1. The lowest BCUT2D eigenvalue weighted by molar-refractivity contribution is -0.130. The fourth-order valence-electron chi connectivity index (χ4n) is 2.51. The first-order valence-electron chi connectivity index (χ1n) is 6.60. The van der Waals surface area contributed by atoms with Gasteiger partial charge in [0.05, 0.1) is 0 Å². The van der Waals surface area contributed by atoms with Crippen molar-refractivity contribution in [2.45, 2.75) is 18.9 Å². The number of likely N-dealkylation sites (N-methyl/N-ethyl adjacent to an activating group) is 1. The lowest BCUT2D eigenvalue weighted by atomic mass is 10.1. The summed E-state index contributed by atoms with van der Waals surface area (Å²) in [6.45, 7) is 2.23. The summed E-state index contributed by atoms with van der Waals surface area (Å²) in [5.74, 6) is 0.172. The quantitative estimate of drug-likeness (QED) is 0.922. The number of halogens is 1. The molecule has 0 bridgehead atoms. The molecule has 0 saturated carbocycles. The Bertz CT molecular complexity index is 435. The fourth-order valence-corrected chi connectivity index (χ4v) is 2.78. The highest BCUT2D eigenvalue weighted by molar-refractivity contribution is 9.10. The lowest BCUT2D eigenvalue weighted by Gasteiger charge is -2.31. The average molecular weight is 326 g/mol. The highest BCUT2D eigenvalue weighted by Crippen LogP contribution is 2.24. The van der Waals surface area contributed by atoms with Gasteiger partial charge in [-0.2, -0.15) is 0 Å². The second-order valence-corrected chi connectivity index (χ2v) is 5.79. The summed E-state index contributed by atoms with van der Waals surface area (Å²) in [6, 6.07) is 7.97. The maximum Gasteiger partial charge on any atom is 0.245 e. The van der Waals surface area contributed by atoms with E-state index in [0.717, 1.165) is 29.7 Å². The Balaban J connectivity index is 2.28. The highest BCUT2D eigenvalue weighted by atomic mass is 79.9. The number of rotatable bonds is 3. The molecule has 1 aliphatic rings. The maximum atomic E-state index is 12.4. The van der Waals surface area contributed by atoms with Crippen molar-refractivity contribution in [2.24, 2.45) is 5.73 Å². The molecular weight excluding hydrogens is 306 g/mol. The largest absolute Gasteiger partial charge is 0.359 e. The topological polar surface area (TPSA) is 49.6 Å². The molecule has 104 valence electrons. The molecule has 1 atom stereocenters. The number of nitrogens with two attached hydrogens (primary N) is 1. The van der Waals surface area contributed by atoms with Crippen LogP contribution in [0.4, 0.5) is 5.69 Å². The molecule has 1 aromatic rings. The van der Waals surface area contributed by atoms with Crippen LogP contribution in [0.5, 0.6) is 0 Å². The predicted octanol–water partition coefficient (Wildman–Crippen LogP) is 1.83. The van der Waals surface area contributed by atoms with E-state index in [1.165, 1.54) is 0 Å². The molecule has 0 aliphatic carbocycles. The van der Waals surface area contributed by atoms with Crippen molar-refractivity contribution in [3.05, 3.63) is 28.7 Å². The van der Waals surface area contributed by atoms with E-state index in [4.69, 9.17) is 5.73 Å². The van der Waals surface area contributed by atoms with E-state index in [2.05, 4.69) is 20.8 Å². The van der Waals surface area contributed by atoms with Crippen LogP contribution < -0.4 is 10.6 Å². The van der Waals surface area contributed by atoms with Crippen LogP contribution in [0.2, 0.25) is 0 Å². The Kier molecular flexibility index (Phi) is 4.82. The minimum atomic E-state index is -0.140. The second-order valence-electron chi connectivity index (χ2n) is 4.88. The van der Waals surface area contributed by atoms with Crippen LogP contribution in [0, 0.1) is 0 Å². The minimum absolute atomic E-state index is 0.140. The summed E-state index contributed by atoms with van der Waals surface area (Å²) in [6.07, 6.45) is 1.68. The standard InChI is InChI=1S/C14H20BrN3O/c1-17-9-2-10-18(13(7-8-16)14(17)19)12-5-3-11(15)4-6-12/h3-6,13H,2,7-10,16H2,1H3. The van der Waals surface area contributed by atoms with Gasteiger partial charge < -0.3 is 15.5 Å². The second kappa shape index (κ2) is 6.39. The van der Waals surface area contributed by atoms with Crippen LogP contribution in [-0.4, -0.2) is 43.5 Å². The molecule has 1 saturated heterocycles. The predicted molar refractivity (Wildman–Crippen MR) is 81.2 cm³/mol. The van der Waals surface area contributed by atoms with Gasteiger partial charge in [0.2, 0.25) is 5.91 Å². The molecule has 2 N–H and O–H groups in total. The van der Waals surface area contributed by atoms with E-state index < -0.39 is 0 Å².